The summed E-state index contributed by atoms with van der Waals surface area (Å²) in [5.41, 5.74) is 0. The highest BCUT2D eigenvalue weighted by atomic mass is 32.2. The van der Waals surface area contributed by atoms with E-state index < -0.39 is 0 Å². The van der Waals surface area contributed by atoms with Gasteiger partial charge in [-0.3, -0.25) is 14.5 Å². The van der Waals surface area contributed by atoms with Gasteiger partial charge in [0.25, 0.3) is 5.91 Å². The zero-order valence-electron chi connectivity index (χ0n) is 13.1. The van der Waals surface area contributed by atoms with E-state index in [0.717, 1.165) is 13.0 Å². The summed E-state index contributed by atoms with van der Waals surface area (Å²) in [5.74, 6) is 0.109. The van der Waals surface area contributed by atoms with Crippen LogP contribution in [0.5, 0.6) is 0 Å². The molecule has 0 aromatic carbocycles. The van der Waals surface area contributed by atoms with Gasteiger partial charge < -0.3 is 14.6 Å². The Hall–Kier alpha value is -1.64. The predicted octanol–water partition coefficient (Wildman–Crippen LogP) is 1.55. The van der Waals surface area contributed by atoms with Crippen LogP contribution < -0.4 is 5.32 Å². The zero-order chi connectivity index (χ0) is 16.8. The smallest absolute Gasteiger partial charge is 0.266 e. The van der Waals surface area contributed by atoms with Crippen molar-refractivity contribution in [1.29, 1.82) is 0 Å². The summed E-state index contributed by atoms with van der Waals surface area (Å²) in [7, 11) is 3.96. The summed E-state index contributed by atoms with van der Waals surface area (Å²) in [6, 6.07) is 3.50. The first-order valence-corrected chi connectivity index (χ1v) is 8.40. The second kappa shape index (κ2) is 8.28. The fourth-order valence-electron chi connectivity index (χ4n) is 1.96. The standard InChI is InChI=1S/C15H19N3O3S2/c1-17(2)7-4-6-16-13(19)10-18-14(20)12(23-15(18)22)9-11-5-3-8-21-11/h3,5,8-9H,4,6-7,10H2,1-2H3,(H,16,19)/b12-9-. The lowest BCUT2D eigenvalue weighted by Gasteiger charge is -2.14. The molecule has 124 valence electrons. The van der Waals surface area contributed by atoms with Gasteiger partial charge in [-0.1, -0.05) is 24.0 Å². The molecular formula is C15H19N3O3S2. The minimum absolute atomic E-state index is 0.0534. The molecule has 0 unspecified atom stereocenters. The first-order chi connectivity index (χ1) is 11.0. The summed E-state index contributed by atoms with van der Waals surface area (Å²) in [6.07, 6.45) is 4.03. The largest absolute Gasteiger partial charge is 0.465 e. The van der Waals surface area contributed by atoms with Crippen molar-refractivity contribution in [2.24, 2.45) is 0 Å². The van der Waals surface area contributed by atoms with Crippen molar-refractivity contribution >= 4 is 46.2 Å². The first-order valence-electron chi connectivity index (χ1n) is 7.17. The van der Waals surface area contributed by atoms with Gasteiger partial charge in [0.2, 0.25) is 5.91 Å². The Balaban J connectivity index is 1.87. The molecule has 1 fully saturated rings. The quantitative estimate of drug-likeness (QED) is 0.456. The number of carbonyl (C=O) groups excluding carboxylic acids is 2. The van der Waals surface area contributed by atoms with Crippen molar-refractivity contribution in [3.8, 4) is 0 Å². The van der Waals surface area contributed by atoms with Gasteiger partial charge in [-0.25, -0.2) is 0 Å². The molecule has 2 amide bonds. The predicted molar refractivity (Wildman–Crippen MR) is 94.8 cm³/mol. The molecule has 0 atom stereocenters. The summed E-state index contributed by atoms with van der Waals surface area (Å²) < 4.78 is 5.58. The SMILES string of the molecule is CN(C)CCCNC(=O)CN1C(=O)/C(=C/c2ccco2)SC1=S. The number of thioether (sulfide) groups is 1. The third kappa shape index (κ3) is 5.19. The van der Waals surface area contributed by atoms with Crippen LogP contribution in [0.2, 0.25) is 0 Å². The van der Waals surface area contributed by atoms with E-state index in [1.54, 1.807) is 18.2 Å². The van der Waals surface area contributed by atoms with Crippen LogP contribution in [0.25, 0.3) is 6.08 Å². The van der Waals surface area contributed by atoms with Crippen LogP contribution in [0, 0.1) is 0 Å². The molecule has 1 aromatic rings. The Morgan fingerprint density at radius 3 is 2.96 bits per heavy atom. The Labute approximate surface area is 144 Å². The molecule has 2 heterocycles. The van der Waals surface area contributed by atoms with Crippen LogP contribution in [0.3, 0.4) is 0 Å². The van der Waals surface area contributed by atoms with Crippen LogP contribution in [0.1, 0.15) is 12.2 Å². The van der Waals surface area contributed by atoms with Crippen LogP contribution in [0.4, 0.5) is 0 Å². The van der Waals surface area contributed by atoms with Gasteiger partial charge in [-0.05, 0) is 39.2 Å². The van der Waals surface area contributed by atoms with Crippen molar-refractivity contribution in [2.75, 3.05) is 33.7 Å². The lowest BCUT2D eigenvalue weighted by atomic mass is 10.3. The molecule has 2 rings (SSSR count). The Bertz CT molecular complexity index is 611. The van der Waals surface area contributed by atoms with Gasteiger partial charge in [-0.15, -0.1) is 0 Å². The monoisotopic (exact) mass is 353 g/mol. The highest BCUT2D eigenvalue weighted by Gasteiger charge is 2.33. The third-order valence-corrected chi connectivity index (χ3v) is 4.47. The number of nitrogens with zero attached hydrogens (tertiary/aromatic N) is 2. The molecule has 1 N–H and O–H groups in total. The minimum atomic E-state index is -0.264. The van der Waals surface area contributed by atoms with E-state index >= 15 is 0 Å². The Morgan fingerprint density at radius 2 is 2.30 bits per heavy atom. The Kier molecular flexibility index (Phi) is 6.37. The average molecular weight is 353 g/mol. The van der Waals surface area contributed by atoms with E-state index in [9.17, 15) is 9.59 Å². The second-order valence-electron chi connectivity index (χ2n) is 5.29. The van der Waals surface area contributed by atoms with E-state index in [-0.39, 0.29) is 18.4 Å². The number of furan rings is 1. The van der Waals surface area contributed by atoms with Crippen molar-refractivity contribution in [3.05, 3.63) is 29.1 Å². The van der Waals surface area contributed by atoms with E-state index in [2.05, 4.69) is 5.32 Å². The summed E-state index contributed by atoms with van der Waals surface area (Å²) in [4.78, 5) is 28.1. The summed E-state index contributed by atoms with van der Waals surface area (Å²) >= 11 is 6.36. The number of carbonyl (C=O) groups is 2. The lowest BCUT2D eigenvalue weighted by molar-refractivity contribution is -0.128. The normalized spacial score (nSPS) is 16.7. The van der Waals surface area contributed by atoms with Crippen molar-refractivity contribution < 1.29 is 14.0 Å². The molecule has 8 heteroatoms. The van der Waals surface area contributed by atoms with Crippen LogP contribution in [0.15, 0.2) is 27.7 Å². The molecule has 0 spiro atoms. The molecule has 0 bridgehead atoms. The van der Waals surface area contributed by atoms with Crippen molar-refractivity contribution in [1.82, 2.24) is 15.1 Å². The highest BCUT2D eigenvalue weighted by Crippen LogP contribution is 2.32. The number of rotatable bonds is 7. The van der Waals surface area contributed by atoms with Crippen LogP contribution in [-0.4, -0.2) is 59.7 Å². The second-order valence-corrected chi connectivity index (χ2v) is 6.97. The van der Waals surface area contributed by atoms with E-state index in [1.807, 2.05) is 19.0 Å². The molecule has 1 aliphatic rings. The maximum absolute atomic E-state index is 12.3. The maximum Gasteiger partial charge on any atom is 0.266 e. The van der Waals surface area contributed by atoms with Gasteiger partial charge in [0.1, 0.15) is 16.6 Å². The zero-order valence-corrected chi connectivity index (χ0v) is 14.7. The lowest BCUT2D eigenvalue weighted by Crippen LogP contribution is -2.40. The van der Waals surface area contributed by atoms with Gasteiger partial charge in [0.15, 0.2) is 0 Å². The molecular weight excluding hydrogens is 334 g/mol. The van der Waals surface area contributed by atoms with Crippen LogP contribution in [-0.2, 0) is 9.59 Å². The fourth-order valence-corrected chi connectivity index (χ4v) is 3.20. The molecule has 0 saturated carbocycles. The molecule has 0 aliphatic carbocycles. The number of hydrogen-bond donors (Lipinski definition) is 1. The van der Waals surface area contributed by atoms with Gasteiger partial charge >= 0.3 is 0 Å². The van der Waals surface area contributed by atoms with Gasteiger partial charge in [-0.2, -0.15) is 0 Å². The van der Waals surface area contributed by atoms with Gasteiger partial charge in [0.05, 0.1) is 11.2 Å². The van der Waals surface area contributed by atoms with Crippen molar-refractivity contribution in [3.63, 3.8) is 0 Å². The van der Waals surface area contributed by atoms with E-state index in [1.165, 1.54) is 22.9 Å². The third-order valence-electron chi connectivity index (χ3n) is 3.10. The summed E-state index contributed by atoms with van der Waals surface area (Å²) in [6.45, 7) is 1.42. The van der Waals surface area contributed by atoms with E-state index in [0.29, 0.717) is 21.5 Å². The van der Waals surface area contributed by atoms with E-state index in [4.69, 9.17) is 16.6 Å². The highest BCUT2D eigenvalue weighted by molar-refractivity contribution is 8.26. The molecule has 6 nitrogen and oxygen atoms in total. The summed E-state index contributed by atoms with van der Waals surface area (Å²) in [5, 5.41) is 2.80. The fraction of sp³-hybridized carbons (Fsp3) is 0.400. The molecule has 23 heavy (non-hydrogen) atoms. The molecule has 1 saturated heterocycles. The average Bonchev–Trinajstić information content (AvgIpc) is 3.08. The minimum Gasteiger partial charge on any atom is -0.465 e. The number of nitrogens with one attached hydrogen (secondary N) is 1. The van der Waals surface area contributed by atoms with Crippen LogP contribution >= 0.6 is 24.0 Å². The van der Waals surface area contributed by atoms with Gasteiger partial charge in [0, 0.05) is 12.6 Å². The molecule has 0 radical (unpaired) electrons. The first kappa shape index (κ1) is 17.7. The topological polar surface area (TPSA) is 65.8 Å². The molecule has 1 aliphatic heterocycles. The number of thiocarbonyl (C=S) groups is 1. The Morgan fingerprint density at radius 1 is 1.52 bits per heavy atom. The number of amides is 2. The van der Waals surface area contributed by atoms with Crippen molar-refractivity contribution in [2.45, 2.75) is 6.42 Å². The maximum atomic E-state index is 12.3. The molecule has 1 aromatic heterocycles. The number of hydrogen-bond acceptors (Lipinski definition) is 6.